The van der Waals surface area contributed by atoms with Crippen molar-refractivity contribution in [2.45, 2.75) is 25.8 Å². The van der Waals surface area contributed by atoms with E-state index in [0.29, 0.717) is 31.1 Å². The summed E-state index contributed by atoms with van der Waals surface area (Å²) in [5, 5.41) is 8.89. The number of hydrogen-bond acceptors (Lipinski definition) is 6. The molecule has 156 valence electrons. The topological polar surface area (TPSA) is 77.2 Å². The molecular formula is C24H21N3O3S. The summed E-state index contributed by atoms with van der Waals surface area (Å²) in [5.74, 6) is 1.99. The molecule has 1 N–H and O–H groups in total. The zero-order chi connectivity index (χ0) is 21.0. The van der Waals surface area contributed by atoms with Crippen LogP contribution in [0, 0.1) is 0 Å². The van der Waals surface area contributed by atoms with Crippen molar-refractivity contribution < 1.29 is 14.1 Å². The van der Waals surface area contributed by atoms with E-state index in [0.717, 1.165) is 34.8 Å². The fourth-order valence-electron chi connectivity index (χ4n) is 3.55. The van der Waals surface area contributed by atoms with E-state index >= 15 is 0 Å². The monoisotopic (exact) mass is 431 g/mol. The van der Waals surface area contributed by atoms with Gasteiger partial charge in [-0.3, -0.25) is 4.79 Å². The third-order valence-electron chi connectivity index (χ3n) is 5.24. The molecule has 6 nitrogen and oxygen atoms in total. The average Bonchev–Trinajstić information content (AvgIpc) is 3.57. The highest BCUT2D eigenvalue weighted by Crippen LogP contribution is 2.30. The number of nitrogens with zero attached hydrogens (tertiary/aromatic N) is 2. The standard InChI is InChI=1S/C24H21N3O3S/c28-22(9-10-23-26-24(27-30-23)21-2-1-13-31-21)25-15-16-3-5-17(6-4-16)18-7-8-20-19(14-18)11-12-29-20/h1-8,13-14H,9-12,15H2,(H,25,28). The maximum Gasteiger partial charge on any atom is 0.227 e. The first-order valence-electron chi connectivity index (χ1n) is 10.2. The second-order valence-corrected chi connectivity index (χ2v) is 8.33. The number of rotatable bonds is 7. The van der Waals surface area contributed by atoms with E-state index in [9.17, 15) is 4.79 Å². The number of fused-ring (bicyclic) bond motifs is 1. The van der Waals surface area contributed by atoms with Gasteiger partial charge in [-0.15, -0.1) is 11.3 Å². The minimum Gasteiger partial charge on any atom is -0.493 e. The van der Waals surface area contributed by atoms with Gasteiger partial charge in [0, 0.05) is 25.8 Å². The van der Waals surface area contributed by atoms with E-state index in [2.05, 4.69) is 39.7 Å². The summed E-state index contributed by atoms with van der Waals surface area (Å²) < 4.78 is 10.8. The van der Waals surface area contributed by atoms with Crippen molar-refractivity contribution in [2.24, 2.45) is 0 Å². The van der Waals surface area contributed by atoms with Crippen LogP contribution in [0.1, 0.15) is 23.4 Å². The van der Waals surface area contributed by atoms with Crippen LogP contribution in [-0.2, 0) is 24.2 Å². The molecule has 0 unspecified atom stereocenters. The Bertz CT molecular complexity index is 1180. The number of carbonyl (C=O) groups excluding carboxylic acids is 1. The minimum atomic E-state index is -0.0430. The first kappa shape index (κ1) is 19.5. The van der Waals surface area contributed by atoms with Crippen molar-refractivity contribution in [1.29, 1.82) is 0 Å². The Morgan fingerprint density at radius 3 is 2.81 bits per heavy atom. The van der Waals surface area contributed by atoms with Gasteiger partial charge in [0.25, 0.3) is 0 Å². The fourth-order valence-corrected chi connectivity index (χ4v) is 4.20. The van der Waals surface area contributed by atoms with E-state index in [1.165, 1.54) is 11.1 Å². The first-order valence-corrected chi connectivity index (χ1v) is 11.1. The third kappa shape index (κ3) is 4.51. The van der Waals surface area contributed by atoms with Gasteiger partial charge in [-0.25, -0.2) is 0 Å². The second kappa shape index (κ2) is 8.73. The minimum absolute atomic E-state index is 0.0430. The fraction of sp³-hybridized carbons (Fsp3) is 0.208. The molecule has 7 heteroatoms. The van der Waals surface area contributed by atoms with E-state index in [1.807, 2.05) is 35.7 Å². The van der Waals surface area contributed by atoms with Crippen LogP contribution >= 0.6 is 11.3 Å². The van der Waals surface area contributed by atoms with Crippen LogP contribution in [0.15, 0.2) is 64.5 Å². The number of nitrogens with one attached hydrogen (secondary N) is 1. The lowest BCUT2D eigenvalue weighted by molar-refractivity contribution is -0.121. The molecule has 4 aromatic rings. The van der Waals surface area contributed by atoms with Gasteiger partial charge < -0.3 is 14.6 Å². The molecule has 0 aliphatic carbocycles. The molecule has 0 atom stereocenters. The van der Waals surface area contributed by atoms with Gasteiger partial charge >= 0.3 is 0 Å². The summed E-state index contributed by atoms with van der Waals surface area (Å²) in [4.78, 5) is 17.5. The molecular weight excluding hydrogens is 410 g/mol. The van der Waals surface area contributed by atoms with Crippen LogP contribution in [0.4, 0.5) is 0 Å². The van der Waals surface area contributed by atoms with Crippen LogP contribution in [0.25, 0.3) is 21.8 Å². The molecule has 2 aromatic heterocycles. The number of benzene rings is 2. The maximum atomic E-state index is 12.2. The van der Waals surface area contributed by atoms with E-state index in [-0.39, 0.29) is 5.91 Å². The normalized spacial score (nSPS) is 12.4. The number of thiophene rings is 1. The highest BCUT2D eigenvalue weighted by Gasteiger charge is 2.13. The molecule has 0 radical (unpaired) electrons. The Morgan fingerprint density at radius 1 is 1.10 bits per heavy atom. The summed E-state index contributed by atoms with van der Waals surface area (Å²) in [6.07, 6.45) is 1.69. The molecule has 1 aliphatic heterocycles. The molecule has 2 aromatic carbocycles. The van der Waals surface area contributed by atoms with Crippen LogP contribution in [0.2, 0.25) is 0 Å². The quantitative estimate of drug-likeness (QED) is 0.461. The predicted octanol–water partition coefficient (Wildman–Crippen LogP) is 4.65. The van der Waals surface area contributed by atoms with Gasteiger partial charge in [0.2, 0.25) is 17.6 Å². The van der Waals surface area contributed by atoms with Gasteiger partial charge in [0.1, 0.15) is 5.75 Å². The summed E-state index contributed by atoms with van der Waals surface area (Å²) >= 11 is 1.55. The molecule has 0 fully saturated rings. The molecule has 0 bridgehead atoms. The van der Waals surface area contributed by atoms with Gasteiger partial charge in [-0.1, -0.05) is 41.6 Å². The van der Waals surface area contributed by atoms with E-state index < -0.39 is 0 Å². The van der Waals surface area contributed by atoms with Gasteiger partial charge in [0.05, 0.1) is 11.5 Å². The molecule has 1 amide bonds. The number of carbonyl (C=O) groups is 1. The Kier molecular flexibility index (Phi) is 5.50. The smallest absolute Gasteiger partial charge is 0.227 e. The van der Waals surface area contributed by atoms with Crippen molar-refractivity contribution >= 4 is 17.2 Å². The zero-order valence-corrected chi connectivity index (χ0v) is 17.7. The van der Waals surface area contributed by atoms with Crippen molar-refractivity contribution in [3.05, 3.63) is 77.0 Å². The Hall–Kier alpha value is -3.45. The molecule has 31 heavy (non-hydrogen) atoms. The lowest BCUT2D eigenvalue weighted by Crippen LogP contribution is -2.23. The van der Waals surface area contributed by atoms with Gasteiger partial charge in [-0.2, -0.15) is 4.98 Å². The number of ether oxygens (including phenoxy) is 1. The van der Waals surface area contributed by atoms with Crippen LogP contribution in [-0.4, -0.2) is 22.7 Å². The summed E-state index contributed by atoms with van der Waals surface area (Å²) in [5.41, 5.74) is 4.65. The number of hydrogen-bond donors (Lipinski definition) is 1. The number of amides is 1. The van der Waals surface area contributed by atoms with Crippen molar-refractivity contribution in [2.75, 3.05) is 6.61 Å². The molecule has 0 saturated heterocycles. The molecule has 5 rings (SSSR count). The van der Waals surface area contributed by atoms with Crippen molar-refractivity contribution in [1.82, 2.24) is 15.5 Å². The highest BCUT2D eigenvalue weighted by molar-refractivity contribution is 7.13. The largest absolute Gasteiger partial charge is 0.493 e. The van der Waals surface area contributed by atoms with E-state index in [4.69, 9.17) is 9.26 Å². The maximum absolute atomic E-state index is 12.2. The van der Waals surface area contributed by atoms with Crippen LogP contribution in [0.3, 0.4) is 0 Å². The van der Waals surface area contributed by atoms with Gasteiger partial charge in [-0.05, 0) is 45.8 Å². The zero-order valence-electron chi connectivity index (χ0n) is 16.8. The summed E-state index contributed by atoms with van der Waals surface area (Å²) in [6, 6.07) is 18.5. The number of aromatic nitrogens is 2. The van der Waals surface area contributed by atoms with Crippen LogP contribution in [0.5, 0.6) is 5.75 Å². The second-order valence-electron chi connectivity index (χ2n) is 7.38. The molecule has 0 spiro atoms. The van der Waals surface area contributed by atoms with Crippen LogP contribution < -0.4 is 10.1 Å². The lowest BCUT2D eigenvalue weighted by Gasteiger charge is -2.07. The lowest BCUT2D eigenvalue weighted by atomic mass is 10.0. The Balaban J connectivity index is 1.12. The summed E-state index contributed by atoms with van der Waals surface area (Å²) in [7, 11) is 0. The first-order chi connectivity index (χ1) is 15.2. The van der Waals surface area contributed by atoms with Gasteiger partial charge in [0.15, 0.2) is 0 Å². The molecule has 1 aliphatic rings. The van der Waals surface area contributed by atoms with Crippen molar-refractivity contribution in [3.63, 3.8) is 0 Å². The van der Waals surface area contributed by atoms with Crippen molar-refractivity contribution in [3.8, 4) is 27.6 Å². The Labute approximate surface area is 183 Å². The highest BCUT2D eigenvalue weighted by atomic mass is 32.1. The predicted molar refractivity (Wildman–Crippen MR) is 119 cm³/mol. The SMILES string of the molecule is O=C(CCc1nc(-c2cccs2)no1)NCc1ccc(-c2ccc3c(c2)CCO3)cc1. The average molecular weight is 432 g/mol. The molecule has 3 heterocycles. The molecule has 0 saturated carbocycles. The Morgan fingerprint density at radius 2 is 1.97 bits per heavy atom. The van der Waals surface area contributed by atoms with E-state index in [1.54, 1.807) is 11.3 Å². The third-order valence-corrected chi connectivity index (χ3v) is 6.11. The summed E-state index contributed by atoms with van der Waals surface area (Å²) in [6.45, 7) is 1.25. The number of aryl methyl sites for hydroxylation is 1.